The number of hydrogen-bond acceptors (Lipinski definition) is 12. The SMILES string of the molecule is CCOc1nc2[nH]ccc2cc1Oc1cc(N2CCC3(CC2)CC(N2CCC[C@H]2c2ccccc2C(C)C)C3)ccc1C(=O)NS(=O)(=O)c1cc2c(c([N+](=O)[O-])c1)N[C@@H](C1CCC(C)(C)CC1)CO2. The summed E-state index contributed by atoms with van der Waals surface area (Å²) >= 11 is 0. The first-order valence-corrected chi connectivity index (χ1v) is 26.4. The molecule has 2 saturated carbocycles. The van der Waals surface area contributed by atoms with Gasteiger partial charge < -0.3 is 29.4 Å². The molecule has 2 aliphatic carbocycles. The highest BCUT2D eigenvalue weighted by atomic mass is 32.2. The van der Waals surface area contributed by atoms with E-state index in [9.17, 15) is 23.3 Å². The maximum Gasteiger partial charge on any atom is 0.297 e. The molecule has 2 atom stereocenters. The molecule has 1 spiro atoms. The highest BCUT2D eigenvalue weighted by Gasteiger charge is 2.50. The number of hydrogen-bond donors (Lipinski definition) is 3. The number of anilines is 2. The Hall–Kier alpha value is -5.87. The Labute approximate surface area is 404 Å². The minimum absolute atomic E-state index is 0.0438. The first-order chi connectivity index (χ1) is 33.1. The van der Waals surface area contributed by atoms with Gasteiger partial charge in [-0.1, -0.05) is 52.0 Å². The smallest absolute Gasteiger partial charge is 0.297 e. The number of nitrogens with zero attached hydrogens (tertiary/aromatic N) is 4. The molecule has 15 nitrogen and oxygen atoms in total. The van der Waals surface area contributed by atoms with Crippen molar-refractivity contribution in [3.05, 3.63) is 99.7 Å². The number of benzene rings is 3. The predicted molar refractivity (Wildman–Crippen MR) is 266 cm³/mol. The van der Waals surface area contributed by atoms with Crippen molar-refractivity contribution in [3.8, 4) is 23.1 Å². The van der Waals surface area contributed by atoms with Crippen molar-refractivity contribution >= 4 is 44.0 Å². The van der Waals surface area contributed by atoms with Gasteiger partial charge in [0.05, 0.1) is 28.0 Å². The molecule has 69 heavy (non-hydrogen) atoms. The number of rotatable bonds is 13. The molecule has 16 heteroatoms. The van der Waals surface area contributed by atoms with Crippen LogP contribution in [0.1, 0.15) is 132 Å². The number of nitro groups is 1. The van der Waals surface area contributed by atoms with E-state index in [1.165, 1.54) is 42.9 Å². The van der Waals surface area contributed by atoms with Crippen LogP contribution in [0.4, 0.5) is 17.1 Å². The summed E-state index contributed by atoms with van der Waals surface area (Å²) in [4.78, 5) is 38.5. The van der Waals surface area contributed by atoms with Crippen LogP contribution < -0.4 is 29.1 Å². The van der Waals surface area contributed by atoms with E-state index in [0.29, 0.717) is 30.3 Å². The highest BCUT2D eigenvalue weighted by molar-refractivity contribution is 7.90. The van der Waals surface area contributed by atoms with Gasteiger partial charge in [-0.2, -0.15) is 4.98 Å². The average Bonchev–Trinajstić information content (AvgIpc) is 4.00. The van der Waals surface area contributed by atoms with Gasteiger partial charge in [0.1, 0.15) is 18.0 Å². The largest absolute Gasteiger partial charge is 0.489 e. The number of carbonyl (C=O) groups is 1. The van der Waals surface area contributed by atoms with E-state index in [1.807, 2.05) is 19.1 Å². The summed E-state index contributed by atoms with van der Waals surface area (Å²) in [6, 6.07) is 20.9. The topological polar surface area (TPSA) is 181 Å². The van der Waals surface area contributed by atoms with Crippen LogP contribution in [0.2, 0.25) is 0 Å². The van der Waals surface area contributed by atoms with Gasteiger partial charge in [-0.3, -0.25) is 19.8 Å². The van der Waals surface area contributed by atoms with E-state index in [0.717, 1.165) is 75.3 Å². The van der Waals surface area contributed by atoms with Crippen LogP contribution in [0.25, 0.3) is 11.0 Å². The molecule has 0 bridgehead atoms. The summed E-state index contributed by atoms with van der Waals surface area (Å²) in [6.45, 7) is 14.2. The van der Waals surface area contributed by atoms with Crippen molar-refractivity contribution in [2.45, 2.75) is 128 Å². The maximum atomic E-state index is 14.3. The molecule has 5 aliphatic rings. The van der Waals surface area contributed by atoms with Gasteiger partial charge in [0, 0.05) is 60.6 Å². The Kier molecular flexibility index (Phi) is 12.5. The number of amides is 1. The van der Waals surface area contributed by atoms with Gasteiger partial charge in [0.15, 0.2) is 17.2 Å². The minimum Gasteiger partial charge on any atom is -0.489 e. The number of piperidine rings is 1. The van der Waals surface area contributed by atoms with Crippen LogP contribution >= 0.6 is 0 Å². The van der Waals surface area contributed by atoms with Gasteiger partial charge in [-0.05, 0) is 136 Å². The first kappa shape index (κ1) is 46.8. The van der Waals surface area contributed by atoms with Crippen LogP contribution in [0, 0.1) is 26.9 Å². The van der Waals surface area contributed by atoms with E-state index in [1.54, 1.807) is 24.4 Å². The van der Waals surface area contributed by atoms with Crippen LogP contribution in [0.15, 0.2) is 77.8 Å². The van der Waals surface area contributed by atoms with Gasteiger partial charge >= 0.3 is 0 Å². The second kappa shape index (κ2) is 18.5. The van der Waals surface area contributed by atoms with Crippen molar-refractivity contribution in [1.82, 2.24) is 19.6 Å². The third-order valence-corrected chi connectivity index (χ3v) is 17.2. The van der Waals surface area contributed by atoms with E-state index in [2.05, 4.69) is 81.8 Å². The number of aromatic amines is 1. The van der Waals surface area contributed by atoms with Crippen molar-refractivity contribution in [1.29, 1.82) is 0 Å². The number of H-pyrrole nitrogens is 1. The Morgan fingerprint density at radius 2 is 1.75 bits per heavy atom. The van der Waals surface area contributed by atoms with E-state index < -0.39 is 31.4 Å². The summed E-state index contributed by atoms with van der Waals surface area (Å²) in [5, 5.41) is 16.6. The van der Waals surface area contributed by atoms with Crippen LogP contribution in [0.3, 0.4) is 0 Å². The molecule has 3 aromatic carbocycles. The van der Waals surface area contributed by atoms with Crippen LogP contribution in [0.5, 0.6) is 23.1 Å². The number of nitrogens with one attached hydrogen (secondary N) is 3. The Balaban J connectivity index is 0.881. The highest BCUT2D eigenvalue weighted by Crippen LogP contribution is 2.55. The molecule has 2 aromatic heterocycles. The van der Waals surface area contributed by atoms with Gasteiger partial charge in [-0.25, -0.2) is 13.1 Å². The lowest BCUT2D eigenvalue weighted by molar-refractivity contribution is -0.384. The Bertz CT molecular complexity index is 2860. The second-order valence-electron chi connectivity index (χ2n) is 21.2. The Morgan fingerprint density at radius 1 is 0.986 bits per heavy atom. The van der Waals surface area contributed by atoms with E-state index >= 15 is 0 Å². The fourth-order valence-corrected chi connectivity index (χ4v) is 12.9. The number of pyridine rings is 1. The fourth-order valence-electron chi connectivity index (χ4n) is 11.9. The number of nitro benzene ring substituents is 1. The van der Waals surface area contributed by atoms with Crippen molar-refractivity contribution < 1.29 is 32.3 Å². The molecule has 1 amide bonds. The molecule has 0 unspecified atom stereocenters. The van der Waals surface area contributed by atoms with E-state index in [-0.39, 0.29) is 63.8 Å². The third kappa shape index (κ3) is 9.33. The lowest BCUT2D eigenvalue weighted by Gasteiger charge is -2.56. The molecule has 3 aliphatic heterocycles. The monoisotopic (exact) mass is 959 g/mol. The van der Waals surface area contributed by atoms with Gasteiger partial charge in [0.25, 0.3) is 27.5 Å². The molecule has 4 fully saturated rings. The maximum absolute atomic E-state index is 14.3. The molecule has 10 rings (SSSR count). The molecule has 0 radical (unpaired) electrons. The molecule has 3 N–H and O–H groups in total. The summed E-state index contributed by atoms with van der Waals surface area (Å²) in [7, 11) is -4.67. The predicted octanol–water partition coefficient (Wildman–Crippen LogP) is 10.9. The summed E-state index contributed by atoms with van der Waals surface area (Å²) in [5.41, 5.74) is 4.54. The normalized spacial score (nSPS) is 21.6. The average molecular weight is 960 g/mol. The number of likely N-dealkylation sites (tertiary alicyclic amines) is 1. The number of ether oxygens (including phenoxy) is 3. The standard InChI is InChI=1S/C53H65N7O8S/c1-6-66-51-47(26-35-17-22-54-49(35)56-51)68-45-27-36(58-24-20-53(21-25-58)30-37(31-53)59-23-9-12-43(59)40-11-8-7-10-39(40)33(2)3)13-14-41(45)50(61)57-69(64,65)38-28-44(60(62)63)48-46(29-38)67-32-42(55-48)34-15-18-52(4,5)19-16-34/h7-8,10-11,13-14,17,22,26-29,33-34,37,42-43,55H,6,9,12,15-16,18-21,23-25,30-32H2,1-5H3,(H,54,56)(H,57,61)/t42-,43+/m1/s1. The van der Waals surface area contributed by atoms with Crippen molar-refractivity contribution in [2.75, 3.05) is 43.1 Å². The molecule has 5 aromatic rings. The lowest BCUT2D eigenvalue weighted by Crippen LogP contribution is -2.54. The summed E-state index contributed by atoms with van der Waals surface area (Å²) < 4.78 is 48.9. The lowest BCUT2D eigenvalue weighted by atomic mass is 9.59. The Morgan fingerprint density at radius 3 is 2.49 bits per heavy atom. The second-order valence-corrected chi connectivity index (χ2v) is 22.9. The quantitative estimate of drug-likeness (QED) is 0.0751. The van der Waals surface area contributed by atoms with Crippen molar-refractivity contribution in [3.63, 3.8) is 0 Å². The molecular weight excluding hydrogens is 895 g/mol. The molecule has 366 valence electrons. The zero-order valence-corrected chi connectivity index (χ0v) is 41.2. The van der Waals surface area contributed by atoms with Crippen LogP contribution in [-0.4, -0.2) is 79.0 Å². The zero-order chi connectivity index (χ0) is 48.2. The van der Waals surface area contributed by atoms with Crippen LogP contribution in [-0.2, 0) is 10.0 Å². The van der Waals surface area contributed by atoms with E-state index in [4.69, 9.17) is 14.2 Å². The molecule has 2 saturated heterocycles. The van der Waals surface area contributed by atoms with Gasteiger partial charge in [0.2, 0.25) is 0 Å². The van der Waals surface area contributed by atoms with Gasteiger partial charge in [-0.15, -0.1) is 0 Å². The number of sulfonamides is 1. The summed E-state index contributed by atoms with van der Waals surface area (Å²) in [5.74, 6) is 0.370. The summed E-state index contributed by atoms with van der Waals surface area (Å²) in [6.07, 6.45) is 12.6. The number of carbonyl (C=O) groups excluding carboxylic acids is 1. The first-order valence-electron chi connectivity index (χ1n) is 24.9. The zero-order valence-electron chi connectivity index (χ0n) is 40.4. The number of fused-ring (bicyclic) bond motifs is 2. The van der Waals surface area contributed by atoms with Crippen molar-refractivity contribution in [2.24, 2.45) is 16.7 Å². The molecule has 5 heterocycles. The fraction of sp³-hybridized carbons (Fsp3) is 0.509. The molecular formula is C53H65N7O8S. The third-order valence-electron chi connectivity index (χ3n) is 15.9. The minimum atomic E-state index is -4.67. The number of aromatic nitrogens is 2.